The summed E-state index contributed by atoms with van der Waals surface area (Å²) in [5.74, 6) is -1.45. The Bertz CT molecular complexity index is 653. The van der Waals surface area contributed by atoms with Gasteiger partial charge in [0.05, 0.1) is 18.1 Å². The molecule has 0 radical (unpaired) electrons. The van der Waals surface area contributed by atoms with Gasteiger partial charge in [-0.1, -0.05) is 29.9 Å². The van der Waals surface area contributed by atoms with E-state index < -0.39 is 30.1 Å². The monoisotopic (exact) mass is 346 g/mol. The van der Waals surface area contributed by atoms with Gasteiger partial charge in [0.1, 0.15) is 12.2 Å². The third-order valence-electron chi connectivity index (χ3n) is 4.70. The van der Waals surface area contributed by atoms with E-state index in [2.05, 4.69) is 12.7 Å². The van der Waals surface area contributed by atoms with Gasteiger partial charge in [0.2, 0.25) is 0 Å². The predicted molar refractivity (Wildman–Crippen MR) is 94.6 cm³/mol. The van der Waals surface area contributed by atoms with Crippen LogP contribution in [-0.4, -0.2) is 35.9 Å². The first kappa shape index (κ1) is 19.2. The molecule has 3 atom stereocenters. The molecular weight excluding hydrogens is 320 g/mol. The minimum absolute atomic E-state index is 0.192. The second-order valence-electron chi connectivity index (χ2n) is 6.64. The van der Waals surface area contributed by atoms with Crippen molar-refractivity contribution in [1.29, 1.82) is 0 Å². The Morgan fingerprint density at radius 3 is 2.80 bits per heavy atom. The first-order valence-electron chi connectivity index (χ1n) is 8.57. The Hall–Kier alpha value is -2.14. The maximum absolute atomic E-state index is 12.3. The number of ether oxygens (including phenoxy) is 2. The van der Waals surface area contributed by atoms with Crippen LogP contribution in [0, 0.1) is 5.92 Å². The summed E-state index contributed by atoms with van der Waals surface area (Å²) in [6.45, 7) is 9.13. The third kappa shape index (κ3) is 4.48. The molecule has 0 aromatic carbocycles. The Morgan fingerprint density at radius 1 is 1.44 bits per heavy atom. The zero-order valence-corrected chi connectivity index (χ0v) is 15.1. The fourth-order valence-electron chi connectivity index (χ4n) is 3.22. The molecule has 0 amide bonds. The van der Waals surface area contributed by atoms with Crippen LogP contribution in [0.3, 0.4) is 0 Å². The fraction of sp³-hybridized carbons (Fsp3) is 0.500. The van der Waals surface area contributed by atoms with Crippen LogP contribution in [0.1, 0.15) is 40.0 Å². The van der Waals surface area contributed by atoms with Crippen LogP contribution < -0.4 is 0 Å². The van der Waals surface area contributed by atoms with E-state index >= 15 is 0 Å². The van der Waals surface area contributed by atoms with Crippen molar-refractivity contribution in [2.75, 3.05) is 6.61 Å². The van der Waals surface area contributed by atoms with Crippen molar-refractivity contribution in [1.82, 2.24) is 0 Å². The number of fused-ring (bicyclic) bond motifs is 1. The zero-order valence-electron chi connectivity index (χ0n) is 15.1. The molecule has 1 aliphatic carbocycles. The molecule has 1 N–H and O–H groups in total. The molecule has 0 saturated carbocycles. The van der Waals surface area contributed by atoms with E-state index in [4.69, 9.17) is 9.47 Å². The number of aliphatic hydroxyl groups is 1. The predicted octanol–water partition coefficient (Wildman–Crippen LogP) is 3.01. The van der Waals surface area contributed by atoms with Crippen molar-refractivity contribution in [3.63, 3.8) is 0 Å². The lowest BCUT2D eigenvalue weighted by Gasteiger charge is -2.27. The number of carbonyl (C=O) groups is 2. The molecule has 1 heterocycles. The fourth-order valence-corrected chi connectivity index (χ4v) is 3.22. The average molecular weight is 346 g/mol. The molecule has 5 nitrogen and oxygen atoms in total. The number of allylic oxidation sites excluding steroid dienone is 3. The summed E-state index contributed by atoms with van der Waals surface area (Å²) in [6.07, 6.45) is 6.80. The van der Waals surface area contributed by atoms with E-state index in [0.717, 1.165) is 24.0 Å². The van der Waals surface area contributed by atoms with Crippen LogP contribution in [0.25, 0.3) is 0 Å². The molecule has 0 spiro atoms. The first-order chi connectivity index (χ1) is 11.9. The minimum Gasteiger partial charge on any atom is -0.458 e. The molecule has 0 aromatic rings. The Labute approximate surface area is 148 Å². The molecule has 1 aliphatic heterocycles. The number of carbonyl (C=O) groups excluding carboxylic acids is 2. The van der Waals surface area contributed by atoms with Crippen molar-refractivity contribution in [3.05, 3.63) is 47.1 Å². The maximum Gasteiger partial charge on any atom is 0.336 e. The summed E-state index contributed by atoms with van der Waals surface area (Å²) in [4.78, 5) is 24.4. The van der Waals surface area contributed by atoms with Gasteiger partial charge in [0.15, 0.2) is 0 Å². The van der Waals surface area contributed by atoms with Crippen LogP contribution in [0.15, 0.2) is 47.1 Å². The van der Waals surface area contributed by atoms with Gasteiger partial charge in [0.25, 0.3) is 0 Å². The number of rotatable bonds is 3. The van der Waals surface area contributed by atoms with Gasteiger partial charge >= 0.3 is 11.9 Å². The molecule has 136 valence electrons. The van der Waals surface area contributed by atoms with Gasteiger partial charge in [-0.2, -0.15) is 0 Å². The summed E-state index contributed by atoms with van der Waals surface area (Å²) in [5.41, 5.74) is 2.73. The lowest BCUT2D eigenvalue weighted by molar-refractivity contribution is -0.147. The lowest BCUT2D eigenvalue weighted by Crippen LogP contribution is -2.34. The SMILES string of the molecule is C=C1C(=O)O[C@H]2/C=C(\C)CC/C=C(/C)C[C@@H](OC(=O)/C(=C\C)CO)[C@@H]12. The van der Waals surface area contributed by atoms with Gasteiger partial charge < -0.3 is 14.6 Å². The molecule has 2 aliphatic rings. The van der Waals surface area contributed by atoms with Gasteiger partial charge in [-0.15, -0.1) is 0 Å². The van der Waals surface area contributed by atoms with Crippen LogP contribution >= 0.6 is 0 Å². The van der Waals surface area contributed by atoms with Crippen molar-refractivity contribution < 1.29 is 24.2 Å². The number of aliphatic hydroxyl groups excluding tert-OH is 1. The van der Waals surface area contributed by atoms with Crippen molar-refractivity contribution in [3.8, 4) is 0 Å². The Morgan fingerprint density at radius 2 is 2.16 bits per heavy atom. The molecular formula is C20H26O5. The molecule has 2 rings (SSSR count). The third-order valence-corrected chi connectivity index (χ3v) is 4.70. The zero-order chi connectivity index (χ0) is 18.6. The van der Waals surface area contributed by atoms with Crippen LogP contribution in [0.5, 0.6) is 0 Å². The largest absolute Gasteiger partial charge is 0.458 e. The summed E-state index contributed by atoms with van der Waals surface area (Å²) in [5, 5.41) is 9.29. The summed E-state index contributed by atoms with van der Waals surface area (Å²) >= 11 is 0. The maximum atomic E-state index is 12.3. The molecule has 0 aromatic heterocycles. The molecule has 0 bridgehead atoms. The Kier molecular flexibility index (Phi) is 6.37. The van der Waals surface area contributed by atoms with E-state index in [0.29, 0.717) is 12.0 Å². The highest BCUT2D eigenvalue weighted by Gasteiger charge is 2.44. The van der Waals surface area contributed by atoms with Crippen molar-refractivity contribution >= 4 is 11.9 Å². The molecule has 5 heteroatoms. The quantitative estimate of drug-likeness (QED) is 0.483. The van der Waals surface area contributed by atoms with Crippen molar-refractivity contribution in [2.24, 2.45) is 5.92 Å². The first-order valence-corrected chi connectivity index (χ1v) is 8.57. The lowest BCUT2D eigenvalue weighted by atomic mass is 9.85. The molecule has 1 saturated heterocycles. The topological polar surface area (TPSA) is 72.8 Å². The van der Waals surface area contributed by atoms with Gasteiger partial charge in [-0.05, 0) is 39.7 Å². The highest BCUT2D eigenvalue weighted by Crippen LogP contribution is 2.36. The smallest absolute Gasteiger partial charge is 0.336 e. The summed E-state index contributed by atoms with van der Waals surface area (Å²) in [7, 11) is 0. The van der Waals surface area contributed by atoms with Gasteiger partial charge in [0, 0.05) is 12.0 Å². The van der Waals surface area contributed by atoms with E-state index in [1.54, 1.807) is 6.92 Å². The average Bonchev–Trinajstić information content (AvgIpc) is 2.81. The Balaban J connectivity index is 2.37. The van der Waals surface area contributed by atoms with E-state index in [1.807, 2.05) is 19.9 Å². The van der Waals surface area contributed by atoms with Gasteiger partial charge in [-0.25, -0.2) is 9.59 Å². The van der Waals surface area contributed by atoms with Crippen LogP contribution in [-0.2, 0) is 19.1 Å². The minimum atomic E-state index is -0.577. The number of hydrogen-bond donors (Lipinski definition) is 1. The summed E-state index contributed by atoms with van der Waals surface area (Å²) in [6, 6.07) is 0. The van der Waals surface area contributed by atoms with Gasteiger partial charge in [-0.3, -0.25) is 0 Å². The van der Waals surface area contributed by atoms with Crippen LogP contribution in [0.4, 0.5) is 0 Å². The van der Waals surface area contributed by atoms with E-state index in [1.165, 1.54) is 6.08 Å². The highest BCUT2D eigenvalue weighted by molar-refractivity contribution is 5.92. The number of hydrogen-bond acceptors (Lipinski definition) is 5. The summed E-state index contributed by atoms with van der Waals surface area (Å²) < 4.78 is 11.1. The molecule has 1 fully saturated rings. The van der Waals surface area contributed by atoms with E-state index in [9.17, 15) is 14.7 Å². The normalized spacial score (nSPS) is 32.0. The molecule has 0 unspecified atom stereocenters. The van der Waals surface area contributed by atoms with Crippen molar-refractivity contribution in [2.45, 2.75) is 52.2 Å². The van der Waals surface area contributed by atoms with Crippen LogP contribution in [0.2, 0.25) is 0 Å². The standard InChI is InChI=1S/C20H26O5/c1-5-15(11-21)20(23)25-17-10-13(3)8-6-7-12(2)9-16-18(17)14(4)19(22)24-16/h5,8-9,16-18,21H,4,6-7,10-11H2,1-3H3/b12-9+,13-8-,15-5-/t16-,17+,18-/m0/s1. The van der Waals surface area contributed by atoms with E-state index in [-0.39, 0.29) is 12.2 Å². The second-order valence-corrected chi connectivity index (χ2v) is 6.64. The second kappa shape index (κ2) is 8.30. The number of esters is 2. The highest BCUT2D eigenvalue weighted by atomic mass is 16.6. The molecule has 25 heavy (non-hydrogen) atoms.